The van der Waals surface area contributed by atoms with Crippen molar-refractivity contribution in [3.05, 3.63) is 34.9 Å². The summed E-state index contributed by atoms with van der Waals surface area (Å²) in [5.41, 5.74) is 8.36. The molecule has 1 amide bonds. The third-order valence-electron chi connectivity index (χ3n) is 3.87. The maximum absolute atomic E-state index is 11.5. The highest BCUT2D eigenvalue weighted by atomic mass is 16.4. The van der Waals surface area contributed by atoms with Crippen molar-refractivity contribution in [2.45, 2.75) is 32.7 Å². The second-order valence-corrected chi connectivity index (χ2v) is 5.73. The second kappa shape index (κ2) is 6.03. The third kappa shape index (κ3) is 2.94. The van der Waals surface area contributed by atoms with E-state index in [1.54, 1.807) is 6.07 Å². The van der Waals surface area contributed by atoms with E-state index in [1.165, 1.54) is 4.90 Å². The molecule has 1 heterocycles. The predicted molar refractivity (Wildman–Crippen MR) is 79.6 cm³/mol. The van der Waals surface area contributed by atoms with Crippen LogP contribution in [0.4, 0.5) is 4.79 Å². The number of carbonyl (C=O) groups is 1. The SMILES string of the molecule is CC(C)CC1c2cccc(C(N)=NO)c2CCN1C(=O)O. The zero-order chi connectivity index (χ0) is 15.6. The van der Waals surface area contributed by atoms with Gasteiger partial charge in [-0.15, -0.1) is 0 Å². The van der Waals surface area contributed by atoms with Crippen LogP contribution in [-0.4, -0.2) is 33.7 Å². The number of oxime groups is 1. The van der Waals surface area contributed by atoms with Gasteiger partial charge in [0.05, 0.1) is 6.04 Å². The van der Waals surface area contributed by atoms with Crippen LogP contribution < -0.4 is 5.73 Å². The molecular formula is C15H21N3O3. The fraction of sp³-hybridized carbons (Fsp3) is 0.467. The minimum atomic E-state index is -0.902. The van der Waals surface area contributed by atoms with Gasteiger partial charge in [-0.1, -0.05) is 37.2 Å². The molecule has 0 fully saturated rings. The first kappa shape index (κ1) is 15.2. The lowest BCUT2D eigenvalue weighted by atomic mass is 9.85. The molecule has 0 aromatic heterocycles. The Balaban J connectivity index is 2.51. The zero-order valence-corrected chi connectivity index (χ0v) is 12.3. The lowest BCUT2D eigenvalue weighted by molar-refractivity contribution is 0.113. The Bertz CT molecular complexity index is 569. The van der Waals surface area contributed by atoms with Gasteiger partial charge in [-0.25, -0.2) is 4.79 Å². The predicted octanol–water partition coefficient (Wildman–Crippen LogP) is 2.40. The van der Waals surface area contributed by atoms with Gasteiger partial charge in [0, 0.05) is 12.1 Å². The van der Waals surface area contributed by atoms with Gasteiger partial charge in [-0.2, -0.15) is 0 Å². The highest BCUT2D eigenvalue weighted by molar-refractivity contribution is 5.98. The summed E-state index contributed by atoms with van der Waals surface area (Å²) in [5, 5.41) is 21.4. The minimum absolute atomic E-state index is 0.0684. The summed E-state index contributed by atoms with van der Waals surface area (Å²) in [6, 6.07) is 5.38. The van der Waals surface area contributed by atoms with E-state index in [0.717, 1.165) is 17.5 Å². The lowest BCUT2D eigenvalue weighted by Crippen LogP contribution is -2.40. The highest BCUT2D eigenvalue weighted by Gasteiger charge is 2.32. The van der Waals surface area contributed by atoms with Gasteiger partial charge in [-0.05, 0) is 29.9 Å². The quantitative estimate of drug-likeness (QED) is 0.344. The van der Waals surface area contributed by atoms with Crippen LogP contribution in [0, 0.1) is 5.92 Å². The molecule has 1 atom stereocenters. The average Bonchev–Trinajstić information content (AvgIpc) is 2.45. The van der Waals surface area contributed by atoms with Crippen LogP contribution in [0.2, 0.25) is 0 Å². The van der Waals surface area contributed by atoms with Crippen molar-refractivity contribution in [3.8, 4) is 0 Å². The standard InChI is InChI=1S/C15H21N3O3/c1-9(2)8-13-11-4-3-5-12(14(16)17-21)10(11)6-7-18(13)15(19)20/h3-5,9,13,21H,6-8H2,1-2H3,(H2,16,17)(H,19,20). The van der Waals surface area contributed by atoms with Gasteiger partial charge in [0.1, 0.15) is 0 Å². The van der Waals surface area contributed by atoms with Crippen molar-refractivity contribution in [3.63, 3.8) is 0 Å². The van der Waals surface area contributed by atoms with E-state index in [0.29, 0.717) is 24.4 Å². The number of nitrogens with two attached hydrogens (primary N) is 1. The Kier molecular flexibility index (Phi) is 4.35. The monoisotopic (exact) mass is 291 g/mol. The number of hydrogen-bond acceptors (Lipinski definition) is 3. The molecule has 0 saturated carbocycles. The van der Waals surface area contributed by atoms with Crippen molar-refractivity contribution in [1.82, 2.24) is 4.90 Å². The number of rotatable bonds is 3. The molecule has 0 aliphatic carbocycles. The van der Waals surface area contributed by atoms with E-state index >= 15 is 0 Å². The van der Waals surface area contributed by atoms with Crippen LogP contribution in [0.15, 0.2) is 23.4 Å². The van der Waals surface area contributed by atoms with Gasteiger partial charge in [0.2, 0.25) is 0 Å². The normalized spacial score (nSPS) is 18.7. The molecule has 21 heavy (non-hydrogen) atoms. The molecule has 1 aromatic rings. The summed E-state index contributed by atoms with van der Waals surface area (Å²) in [6.07, 6.45) is 0.419. The summed E-state index contributed by atoms with van der Waals surface area (Å²) in [6.45, 7) is 4.57. The summed E-state index contributed by atoms with van der Waals surface area (Å²) in [4.78, 5) is 13.0. The minimum Gasteiger partial charge on any atom is -0.465 e. The molecule has 1 unspecified atom stereocenters. The van der Waals surface area contributed by atoms with Crippen molar-refractivity contribution >= 4 is 11.9 Å². The summed E-state index contributed by atoms with van der Waals surface area (Å²) in [7, 11) is 0. The zero-order valence-electron chi connectivity index (χ0n) is 12.3. The Morgan fingerprint density at radius 2 is 2.24 bits per heavy atom. The van der Waals surface area contributed by atoms with Gasteiger partial charge in [-0.3, -0.25) is 0 Å². The van der Waals surface area contributed by atoms with Gasteiger partial charge < -0.3 is 20.9 Å². The largest absolute Gasteiger partial charge is 0.465 e. The van der Waals surface area contributed by atoms with Crippen molar-refractivity contribution in [1.29, 1.82) is 0 Å². The molecule has 0 bridgehead atoms. The molecule has 4 N–H and O–H groups in total. The molecule has 6 heteroatoms. The number of benzene rings is 1. The fourth-order valence-electron chi connectivity index (χ4n) is 2.98. The first-order valence-electron chi connectivity index (χ1n) is 7.05. The van der Waals surface area contributed by atoms with E-state index in [9.17, 15) is 9.90 Å². The van der Waals surface area contributed by atoms with Crippen molar-refractivity contribution in [2.75, 3.05) is 6.54 Å². The van der Waals surface area contributed by atoms with Crippen LogP contribution in [0.5, 0.6) is 0 Å². The van der Waals surface area contributed by atoms with Crippen LogP contribution in [0.3, 0.4) is 0 Å². The number of amidine groups is 1. The molecule has 114 valence electrons. The average molecular weight is 291 g/mol. The summed E-state index contributed by atoms with van der Waals surface area (Å²) >= 11 is 0. The van der Waals surface area contributed by atoms with Crippen LogP contribution in [0.1, 0.15) is 43.0 Å². The van der Waals surface area contributed by atoms with Gasteiger partial charge in [0.15, 0.2) is 5.84 Å². The van der Waals surface area contributed by atoms with Crippen LogP contribution in [-0.2, 0) is 6.42 Å². The van der Waals surface area contributed by atoms with E-state index in [1.807, 2.05) is 12.1 Å². The summed E-state index contributed by atoms with van der Waals surface area (Å²) in [5.74, 6) is 0.439. The Morgan fingerprint density at radius 3 is 2.81 bits per heavy atom. The molecule has 6 nitrogen and oxygen atoms in total. The Hall–Kier alpha value is -2.24. The van der Waals surface area contributed by atoms with Gasteiger partial charge in [0.25, 0.3) is 0 Å². The number of carboxylic acid groups (broad SMARTS) is 1. The first-order chi connectivity index (χ1) is 9.95. The maximum atomic E-state index is 11.5. The van der Waals surface area contributed by atoms with E-state index < -0.39 is 6.09 Å². The molecule has 1 aliphatic rings. The lowest BCUT2D eigenvalue weighted by Gasteiger charge is -2.37. The van der Waals surface area contributed by atoms with Crippen molar-refractivity contribution in [2.24, 2.45) is 16.8 Å². The molecule has 1 aromatic carbocycles. The van der Waals surface area contributed by atoms with Crippen LogP contribution >= 0.6 is 0 Å². The first-order valence-corrected chi connectivity index (χ1v) is 7.05. The number of hydrogen-bond donors (Lipinski definition) is 3. The highest BCUT2D eigenvalue weighted by Crippen LogP contribution is 2.35. The smallest absolute Gasteiger partial charge is 0.407 e. The molecule has 1 aliphatic heterocycles. The number of nitrogens with zero attached hydrogens (tertiary/aromatic N) is 2. The molecular weight excluding hydrogens is 270 g/mol. The fourth-order valence-corrected chi connectivity index (χ4v) is 2.98. The topological polar surface area (TPSA) is 99.2 Å². The molecule has 0 radical (unpaired) electrons. The van der Waals surface area contributed by atoms with E-state index in [4.69, 9.17) is 10.9 Å². The number of amides is 1. The van der Waals surface area contributed by atoms with E-state index in [-0.39, 0.29) is 11.9 Å². The Labute approximate surface area is 123 Å². The molecule has 0 saturated heterocycles. The van der Waals surface area contributed by atoms with Crippen molar-refractivity contribution < 1.29 is 15.1 Å². The number of fused-ring (bicyclic) bond motifs is 1. The molecule has 2 rings (SSSR count). The maximum Gasteiger partial charge on any atom is 0.407 e. The third-order valence-corrected chi connectivity index (χ3v) is 3.87. The second-order valence-electron chi connectivity index (χ2n) is 5.73. The Morgan fingerprint density at radius 1 is 1.52 bits per heavy atom. The van der Waals surface area contributed by atoms with E-state index in [2.05, 4.69) is 19.0 Å². The molecule has 0 spiro atoms. The summed E-state index contributed by atoms with van der Waals surface area (Å²) < 4.78 is 0. The van der Waals surface area contributed by atoms with Crippen LogP contribution in [0.25, 0.3) is 0 Å². The van der Waals surface area contributed by atoms with Gasteiger partial charge >= 0.3 is 6.09 Å².